The Bertz CT molecular complexity index is 1030. The molecular formula is C61H118O6. The van der Waals surface area contributed by atoms with E-state index >= 15 is 0 Å². The molecule has 6 heteroatoms. The molecule has 6 nitrogen and oxygen atoms in total. The Kier molecular flexibility index (Phi) is 52.5. The van der Waals surface area contributed by atoms with Crippen molar-refractivity contribution in [2.24, 2.45) is 11.8 Å². The molecule has 0 fully saturated rings. The molecule has 1 unspecified atom stereocenters. The van der Waals surface area contributed by atoms with Crippen LogP contribution in [0.2, 0.25) is 0 Å². The molecule has 0 aliphatic carbocycles. The molecule has 0 rings (SSSR count). The van der Waals surface area contributed by atoms with Gasteiger partial charge in [-0.3, -0.25) is 14.4 Å². The lowest BCUT2D eigenvalue weighted by Gasteiger charge is -2.18. The van der Waals surface area contributed by atoms with Gasteiger partial charge in [-0.2, -0.15) is 0 Å². The van der Waals surface area contributed by atoms with Crippen molar-refractivity contribution >= 4 is 17.9 Å². The molecule has 0 aliphatic heterocycles. The highest BCUT2D eigenvalue weighted by Gasteiger charge is 2.19. The lowest BCUT2D eigenvalue weighted by atomic mass is 9.99. The summed E-state index contributed by atoms with van der Waals surface area (Å²) in [5, 5.41) is 0. The number of carbonyl (C=O) groups excluding carboxylic acids is 3. The van der Waals surface area contributed by atoms with Crippen LogP contribution in [-0.2, 0) is 28.6 Å². The molecule has 398 valence electrons. The number of esters is 3. The van der Waals surface area contributed by atoms with Crippen molar-refractivity contribution < 1.29 is 28.6 Å². The van der Waals surface area contributed by atoms with Gasteiger partial charge in [-0.05, 0) is 31.1 Å². The second-order valence-corrected chi connectivity index (χ2v) is 21.7. The molecule has 0 saturated carbocycles. The van der Waals surface area contributed by atoms with Crippen LogP contribution in [0.25, 0.3) is 0 Å². The summed E-state index contributed by atoms with van der Waals surface area (Å²) in [6, 6.07) is 0. The lowest BCUT2D eigenvalue weighted by Crippen LogP contribution is -2.30. The number of carbonyl (C=O) groups is 3. The fourth-order valence-corrected chi connectivity index (χ4v) is 9.37. The van der Waals surface area contributed by atoms with E-state index in [1.165, 1.54) is 231 Å². The minimum atomic E-state index is -0.762. The Morgan fingerprint density at radius 2 is 0.567 bits per heavy atom. The van der Waals surface area contributed by atoms with Crippen molar-refractivity contribution in [2.75, 3.05) is 13.2 Å². The zero-order valence-corrected chi connectivity index (χ0v) is 46.0. The molecule has 0 aromatic heterocycles. The van der Waals surface area contributed by atoms with Crippen molar-refractivity contribution in [3.63, 3.8) is 0 Å². The Hall–Kier alpha value is -1.59. The van der Waals surface area contributed by atoms with Crippen LogP contribution in [0.4, 0.5) is 0 Å². The average molecular weight is 948 g/mol. The predicted molar refractivity (Wildman–Crippen MR) is 289 cm³/mol. The minimum absolute atomic E-state index is 0.0624. The third kappa shape index (κ3) is 53.6. The largest absolute Gasteiger partial charge is 0.462 e. The van der Waals surface area contributed by atoms with E-state index in [0.717, 1.165) is 69.6 Å². The molecule has 2 atom stereocenters. The van der Waals surface area contributed by atoms with Crippen molar-refractivity contribution in [2.45, 2.75) is 349 Å². The third-order valence-corrected chi connectivity index (χ3v) is 14.3. The zero-order chi connectivity index (χ0) is 48.9. The summed E-state index contributed by atoms with van der Waals surface area (Å²) < 4.78 is 16.9. The highest BCUT2D eigenvalue weighted by molar-refractivity contribution is 5.71. The Morgan fingerprint density at radius 1 is 0.313 bits per heavy atom. The smallest absolute Gasteiger partial charge is 0.306 e. The van der Waals surface area contributed by atoms with Crippen molar-refractivity contribution in [1.82, 2.24) is 0 Å². The van der Waals surface area contributed by atoms with Crippen LogP contribution in [0.1, 0.15) is 343 Å². The first-order valence-electron chi connectivity index (χ1n) is 30.3. The van der Waals surface area contributed by atoms with Gasteiger partial charge in [-0.1, -0.05) is 304 Å². The van der Waals surface area contributed by atoms with Crippen LogP contribution < -0.4 is 0 Å². The number of unbranched alkanes of at least 4 members (excludes halogenated alkanes) is 39. The quantitative estimate of drug-likeness (QED) is 0.0343. The standard InChI is InChI=1S/C61H118O6/c1-6-8-9-10-11-12-31-36-41-46-51-59(62)65-54-58(55-66-60(63)52-47-42-37-32-27-23-20-19-21-25-29-34-39-44-49-56(3)4)67-61(64)53-48-43-38-33-28-24-18-16-14-13-15-17-22-26-30-35-40-45-50-57(5)7-2/h56-58H,6-55H2,1-5H3/t57?,58-/m1/s1. The maximum Gasteiger partial charge on any atom is 0.306 e. The molecule has 0 heterocycles. The van der Waals surface area contributed by atoms with E-state index in [-0.39, 0.29) is 31.1 Å². The van der Waals surface area contributed by atoms with Gasteiger partial charge in [0, 0.05) is 19.3 Å². The number of rotatable bonds is 55. The third-order valence-electron chi connectivity index (χ3n) is 14.3. The first-order valence-corrected chi connectivity index (χ1v) is 30.3. The number of ether oxygens (including phenoxy) is 3. The zero-order valence-electron chi connectivity index (χ0n) is 46.0. The van der Waals surface area contributed by atoms with Crippen LogP contribution in [0.15, 0.2) is 0 Å². The van der Waals surface area contributed by atoms with Crippen LogP contribution in [0, 0.1) is 11.8 Å². The molecule has 0 aromatic carbocycles. The van der Waals surface area contributed by atoms with Gasteiger partial charge < -0.3 is 14.2 Å². The first kappa shape index (κ1) is 65.4. The SMILES string of the molecule is CCCCCCCCCCCCC(=O)OC[C@H](COC(=O)CCCCCCCCCCCCCCCCC(C)C)OC(=O)CCCCCCCCCCCCCCCCCCCCC(C)CC. The molecule has 0 aromatic rings. The fraction of sp³-hybridized carbons (Fsp3) is 0.951. The number of hydrogen-bond acceptors (Lipinski definition) is 6. The summed E-state index contributed by atoms with van der Waals surface area (Å²) in [6.07, 6.45) is 58.1. The summed E-state index contributed by atoms with van der Waals surface area (Å²) in [7, 11) is 0. The monoisotopic (exact) mass is 947 g/mol. The predicted octanol–water partition coefficient (Wildman–Crippen LogP) is 20.0. The summed E-state index contributed by atoms with van der Waals surface area (Å²) in [6.45, 7) is 11.5. The highest BCUT2D eigenvalue weighted by Crippen LogP contribution is 2.19. The molecule has 0 aliphatic rings. The van der Waals surface area contributed by atoms with E-state index < -0.39 is 6.10 Å². The molecular weight excluding hydrogens is 829 g/mol. The molecule has 0 saturated heterocycles. The fourth-order valence-electron chi connectivity index (χ4n) is 9.37. The molecule has 0 N–H and O–H groups in total. The summed E-state index contributed by atoms with van der Waals surface area (Å²) in [5.74, 6) is 0.916. The maximum absolute atomic E-state index is 12.9. The van der Waals surface area contributed by atoms with Gasteiger partial charge in [0.05, 0.1) is 0 Å². The average Bonchev–Trinajstić information content (AvgIpc) is 3.31. The molecule has 0 bridgehead atoms. The van der Waals surface area contributed by atoms with E-state index in [0.29, 0.717) is 19.3 Å². The van der Waals surface area contributed by atoms with Gasteiger partial charge in [-0.25, -0.2) is 0 Å². The Morgan fingerprint density at radius 3 is 0.851 bits per heavy atom. The molecule has 0 radical (unpaired) electrons. The molecule has 0 spiro atoms. The molecule has 67 heavy (non-hydrogen) atoms. The van der Waals surface area contributed by atoms with E-state index in [2.05, 4.69) is 34.6 Å². The summed E-state index contributed by atoms with van der Waals surface area (Å²) in [4.78, 5) is 38.1. The van der Waals surface area contributed by atoms with Crippen LogP contribution in [0.5, 0.6) is 0 Å². The minimum Gasteiger partial charge on any atom is -0.462 e. The second kappa shape index (κ2) is 53.8. The summed E-state index contributed by atoms with van der Waals surface area (Å²) >= 11 is 0. The topological polar surface area (TPSA) is 78.9 Å². The lowest BCUT2D eigenvalue weighted by molar-refractivity contribution is -0.167. The Labute approximate surface area is 418 Å². The van der Waals surface area contributed by atoms with Gasteiger partial charge in [-0.15, -0.1) is 0 Å². The van der Waals surface area contributed by atoms with E-state index in [1.54, 1.807) is 0 Å². The van der Waals surface area contributed by atoms with E-state index in [1.807, 2.05) is 0 Å². The van der Waals surface area contributed by atoms with Gasteiger partial charge >= 0.3 is 17.9 Å². The van der Waals surface area contributed by atoms with E-state index in [4.69, 9.17) is 14.2 Å². The van der Waals surface area contributed by atoms with Crippen LogP contribution >= 0.6 is 0 Å². The number of hydrogen-bond donors (Lipinski definition) is 0. The van der Waals surface area contributed by atoms with Crippen LogP contribution in [0.3, 0.4) is 0 Å². The highest BCUT2D eigenvalue weighted by atomic mass is 16.6. The van der Waals surface area contributed by atoms with Gasteiger partial charge in [0.25, 0.3) is 0 Å². The maximum atomic E-state index is 12.9. The van der Waals surface area contributed by atoms with Crippen molar-refractivity contribution in [3.05, 3.63) is 0 Å². The van der Waals surface area contributed by atoms with Gasteiger partial charge in [0.1, 0.15) is 13.2 Å². The Balaban J connectivity index is 4.20. The van der Waals surface area contributed by atoms with Crippen LogP contribution in [-0.4, -0.2) is 37.2 Å². The molecule has 0 amide bonds. The van der Waals surface area contributed by atoms with Crippen molar-refractivity contribution in [1.29, 1.82) is 0 Å². The normalized spacial score (nSPS) is 12.4. The first-order chi connectivity index (χ1) is 32.8. The van der Waals surface area contributed by atoms with Gasteiger partial charge in [0.15, 0.2) is 6.10 Å². The second-order valence-electron chi connectivity index (χ2n) is 21.7. The van der Waals surface area contributed by atoms with E-state index in [9.17, 15) is 14.4 Å². The van der Waals surface area contributed by atoms with Gasteiger partial charge in [0.2, 0.25) is 0 Å². The van der Waals surface area contributed by atoms with Crippen molar-refractivity contribution in [3.8, 4) is 0 Å². The summed E-state index contributed by atoms with van der Waals surface area (Å²) in [5.41, 5.74) is 0.